The lowest BCUT2D eigenvalue weighted by Gasteiger charge is -2.31. The van der Waals surface area contributed by atoms with Gasteiger partial charge in [-0.05, 0) is 43.4 Å². The number of nitrogens with one attached hydrogen (secondary N) is 1. The van der Waals surface area contributed by atoms with Crippen molar-refractivity contribution in [1.29, 1.82) is 0 Å². The molecule has 1 amide bonds. The van der Waals surface area contributed by atoms with E-state index < -0.39 is 15.9 Å². The van der Waals surface area contributed by atoms with Gasteiger partial charge in [0.15, 0.2) is 0 Å². The molecule has 1 fully saturated rings. The summed E-state index contributed by atoms with van der Waals surface area (Å²) in [6, 6.07) is 10.8. The molecule has 0 saturated carbocycles. The Bertz CT molecular complexity index is 958. The van der Waals surface area contributed by atoms with Crippen LogP contribution in [0.15, 0.2) is 47.4 Å². The van der Waals surface area contributed by atoms with Crippen LogP contribution in [-0.2, 0) is 10.0 Å². The Morgan fingerprint density at radius 1 is 1.04 bits per heavy atom. The molecule has 0 spiro atoms. The zero-order chi connectivity index (χ0) is 19.6. The van der Waals surface area contributed by atoms with Gasteiger partial charge in [-0.1, -0.05) is 29.3 Å². The third kappa shape index (κ3) is 4.62. The molecule has 2 aromatic rings. The van der Waals surface area contributed by atoms with Crippen LogP contribution in [0.4, 0.5) is 5.69 Å². The van der Waals surface area contributed by atoms with Crippen LogP contribution in [0.1, 0.15) is 10.4 Å². The molecule has 0 radical (unpaired) electrons. The van der Waals surface area contributed by atoms with Gasteiger partial charge in [-0.2, -0.15) is 4.31 Å². The molecule has 0 aliphatic carbocycles. The van der Waals surface area contributed by atoms with Gasteiger partial charge in [0, 0.05) is 36.9 Å². The molecular weight excluding hydrogens is 409 g/mol. The molecule has 1 N–H and O–H groups in total. The second-order valence-electron chi connectivity index (χ2n) is 6.31. The van der Waals surface area contributed by atoms with Crippen LogP contribution in [0.3, 0.4) is 0 Å². The maximum absolute atomic E-state index is 12.9. The Labute approximate surface area is 168 Å². The molecule has 0 bridgehead atoms. The zero-order valence-electron chi connectivity index (χ0n) is 14.7. The summed E-state index contributed by atoms with van der Waals surface area (Å²) in [5.74, 6) is -0.502. The summed E-state index contributed by atoms with van der Waals surface area (Å²) in [7, 11) is -1.74. The average Bonchev–Trinajstić information content (AvgIpc) is 2.62. The molecule has 0 aromatic heterocycles. The van der Waals surface area contributed by atoms with Gasteiger partial charge >= 0.3 is 0 Å². The quantitative estimate of drug-likeness (QED) is 0.812. The summed E-state index contributed by atoms with van der Waals surface area (Å²) in [5, 5.41) is 3.33. The van der Waals surface area contributed by atoms with Gasteiger partial charge in [-0.3, -0.25) is 4.79 Å². The first kappa shape index (κ1) is 20.1. The number of rotatable bonds is 4. The monoisotopic (exact) mass is 427 g/mol. The summed E-state index contributed by atoms with van der Waals surface area (Å²) in [6.07, 6.45) is 0. The Morgan fingerprint density at radius 3 is 2.41 bits per heavy atom. The van der Waals surface area contributed by atoms with Gasteiger partial charge in [0.2, 0.25) is 10.0 Å². The molecule has 1 heterocycles. The fourth-order valence-corrected chi connectivity index (χ4v) is 4.62. The molecule has 0 unspecified atom stereocenters. The van der Waals surface area contributed by atoms with E-state index in [4.69, 9.17) is 23.2 Å². The van der Waals surface area contributed by atoms with Gasteiger partial charge in [-0.15, -0.1) is 0 Å². The van der Waals surface area contributed by atoms with E-state index in [0.717, 1.165) is 0 Å². The Kier molecular flexibility index (Phi) is 6.08. The van der Waals surface area contributed by atoms with Crippen molar-refractivity contribution < 1.29 is 13.2 Å². The zero-order valence-corrected chi connectivity index (χ0v) is 17.0. The number of hydrogen-bond acceptors (Lipinski definition) is 4. The number of sulfonamides is 1. The number of likely N-dealkylation sites (N-methyl/N-ethyl adjacent to an activating group) is 1. The highest BCUT2D eigenvalue weighted by molar-refractivity contribution is 7.89. The molecule has 1 aliphatic heterocycles. The third-order valence-corrected chi connectivity index (χ3v) is 6.82. The van der Waals surface area contributed by atoms with Crippen LogP contribution in [0.2, 0.25) is 10.0 Å². The number of halogens is 2. The molecule has 27 heavy (non-hydrogen) atoms. The van der Waals surface area contributed by atoms with E-state index >= 15 is 0 Å². The molecule has 144 valence electrons. The molecule has 3 rings (SSSR count). The van der Waals surface area contributed by atoms with Gasteiger partial charge in [0.1, 0.15) is 0 Å². The van der Waals surface area contributed by atoms with Crippen molar-refractivity contribution in [1.82, 2.24) is 9.21 Å². The number of amides is 1. The van der Waals surface area contributed by atoms with Crippen molar-refractivity contribution in [3.63, 3.8) is 0 Å². The number of carbonyl (C=O) groups excluding carboxylic acids is 1. The first-order chi connectivity index (χ1) is 12.8. The molecule has 0 atom stereocenters. The highest BCUT2D eigenvalue weighted by Crippen LogP contribution is 2.25. The van der Waals surface area contributed by atoms with E-state index in [2.05, 4.69) is 10.2 Å². The Morgan fingerprint density at radius 2 is 1.74 bits per heavy atom. The lowest BCUT2D eigenvalue weighted by Crippen LogP contribution is -2.47. The van der Waals surface area contributed by atoms with Crippen LogP contribution >= 0.6 is 23.2 Å². The molecule has 6 nitrogen and oxygen atoms in total. The van der Waals surface area contributed by atoms with E-state index in [1.54, 1.807) is 24.3 Å². The SMILES string of the molecule is CN1CCN(S(=O)(=O)c2ccc(Cl)c(C(=O)Nc3cccc(Cl)c3)c2)CC1. The predicted octanol–water partition coefficient (Wildman–Crippen LogP) is 3.18. The van der Waals surface area contributed by atoms with Crippen molar-refractivity contribution in [3.8, 4) is 0 Å². The van der Waals surface area contributed by atoms with E-state index in [1.165, 1.54) is 22.5 Å². The van der Waals surface area contributed by atoms with Gasteiger partial charge in [-0.25, -0.2) is 8.42 Å². The minimum absolute atomic E-state index is 0.0488. The Hall–Kier alpha value is -1.64. The molecular formula is C18H19Cl2N3O3S. The number of hydrogen-bond donors (Lipinski definition) is 1. The van der Waals surface area contributed by atoms with Crippen LogP contribution in [-0.4, -0.2) is 56.8 Å². The fraction of sp³-hybridized carbons (Fsp3) is 0.278. The summed E-state index contributed by atoms with van der Waals surface area (Å²) < 4.78 is 27.2. The van der Waals surface area contributed by atoms with E-state index in [1.807, 2.05) is 7.05 Å². The first-order valence-corrected chi connectivity index (χ1v) is 10.5. The topological polar surface area (TPSA) is 69.7 Å². The lowest BCUT2D eigenvalue weighted by atomic mass is 10.2. The van der Waals surface area contributed by atoms with Crippen molar-refractivity contribution >= 4 is 44.8 Å². The third-order valence-electron chi connectivity index (χ3n) is 4.36. The van der Waals surface area contributed by atoms with E-state index in [9.17, 15) is 13.2 Å². The number of anilines is 1. The van der Waals surface area contributed by atoms with Crippen molar-refractivity contribution in [2.45, 2.75) is 4.90 Å². The average molecular weight is 428 g/mol. The van der Waals surface area contributed by atoms with Crippen molar-refractivity contribution in [2.75, 3.05) is 38.5 Å². The smallest absolute Gasteiger partial charge is 0.257 e. The normalized spacial score (nSPS) is 16.3. The predicted molar refractivity (Wildman–Crippen MR) is 107 cm³/mol. The van der Waals surface area contributed by atoms with Crippen molar-refractivity contribution in [3.05, 3.63) is 58.1 Å². The molecule has 1 saturated heterocycles. The maximum Gasteiger partial charge on any atom is 0.257 e. The fourth-order valence-electron chi connectivity index (χ4n) is 2.78. The second-order valence-corrected chi connectivity index (χ2v) is 9.10. The second kappa shape index (κ2) is 8.16. The summed E-state index contributed by atoms with van der Waals surface area (Å²) in [4.78, 5) is 14.7. The van der Waals surface area contributed by atoms with Crippen molar-refractivity contribution in [2.24, 2.45) is 0 Å². The Balaban J connectivity index is 1.86. The maximum atomic E-state index is 12.9. The lowest BCUT2D eigenvalue weighted by molar-refractivity contribution is 0.102. The van der Waals surface area contributed by atoms with Crippen LogP contribution in [0.25, 0.3) is 0 Å². The molecule has 9 heteroatoms. The number of piperazine rings is 1. The standard InChI is InChI=1S/C18H19Cl2N3O3S/c1-22-7-9-23(10-8-22)27(25,26)15-5-6-17(20)16(12-15)18(24)21-14-4-2-3-13(19)11-14/h2-6,11-12H,7-10H2,1H3,(H,21,24). The van der Waals surface area contributed by atoms with Crippen LogP contribution in [0.5, 0.6) is 0 Å². The number of nitrogens with zero attached hydrogens (tertiary/aromatic N) is 2. The highest BCUT2D eigenvalue weighted by Gasteiger charge is 2.28. The summed E-state index contributed by atoms with van der Waals surface area (Å²) >= 11 is 12.1. The van der Waals surface area contributed by atoms with E-state index in [0.29, 0.717) is 36.9 Å². The minimum Gasteiger partial charge on any atom is -0.322 e. The van der Waals surface area contributed by atoms with Gasteiger partial charge < -0.3 is 10.2 Å². The molecule has 2 aromatic carbocycles. The van der Waals surface area contributed by atoms with E-state index in [-0.39, 0.29) is 15.5 Å². The van der Waals surface area contributed by atoms with Gasteiger partial charge in [0.05, 0.1) is 15.5 Å². The van der Waals surface area contributed by atoms with Gasteiger partial charge in [0.25, 0.3) is 5.91 Å². The van der Waals surface area contributed by atoms with Crippen LogP contribution in [0, 0.1) is 0 Å². The number of carbonyl (C=O) groups is 1. The van der Waals surface area contributed by atoms with Crippen LogP contribution < -0.4 is 5.32 Å². The first-order valence-electron chi connectivity index (χ1n) is 8.32. The highest BCUT2D eigenvalue weighted by atomic mass is 35.5. The number of benzene rings is 2. The summed E-state index contributed by atoms with van der Waals surface area (Å²) in [5.41, 5.74) is 0.586. The largest absolute Gasteiger partial charge is 0.322 e. The molecule has 1 aliphatic rings. The minimum atomic E-state index is -3.69. The summed E-state index contributed by atoms with van der Waals surface area (Å²) in [6.45, 7) is 2.14.